The number of carbonyl (C=O) groups is 1. The lowest BCUT2D eigenvalue weighted by atomic mass is 10.0. The largest absolute Gasteiger partial charge is 0.444 e. The number of nitrogens with one attached hydrogen (secondary N) is 2. The molecule has 0 aliphatic carbocycles. The summed E-state index contributed by atoms with van der Waals surface area (Å²) in [4.78, 5) is 11.8. The van der Waals surface area contributed by atoms with E-state index in [2.05, 4.69) is 40.4 Å². The van der Waals surface area contributed by atoms with E-state index in [1.54, 1.807) is 0 Å². The van der Waals surface area contributed by atoms with Crippen LogP contribution in [0.2, 0.25) is 5.02 Å². The van der Waals surface area contributed by atoms with Gasteiger partial charge >= 0.3 is 6.09 Å². The van der Waals surface area contributed by atoms with Gasteiger partial charge in [0.25, 0.3) is 0 Å². The Labute approximate surface area is 152 Å². The predicted molar refractivity (Wildman–Crippen MR) is 98.9 cm³/mol. The molecule has 1 atom stereocenters. The minimum Gasteiger partial charge on any atom is -0.444 e. The van der Waals surface area contributed by atoms with E-state index in [4.69, 9.17) is 16.3 Å². The standard InChI is InChI=1S/C17H26BrClN2O2/c1-11(2)15(10-21-16(22)23-17(3,4)5)20-9-12-6-7-13(19)8-14(12)18/h6-8,11,15,20H,9-10H2,1-5H3,(H,21,22). The zero-order valence-corrected chi connectivity index (χ0v) is 16.7. The first-order chi connectivity index (χ1) is 10.6. The van der Waals surface area contributed by atoms with E-state index in [-0.39, 0.29) is 6.04 Å². The number of rotatable bonds is 6. The maximum atomic E-state index is 11.8. The van der Waals surface area contributed by atoms with E-state index >= 15 is 0 Å². The normalized spacial score (nSPS) is 13.0. The van der Waals surface area contributed by atoms with E-state index in [1.807, 2.05) is 39.0 Å². The van der Waals surface area contributed by atoms with Crippen LogP contribution in [0, 0.1) is 5.92 Å². The Kier molecular flexibility index (Phi) is 7.84. The molecular formula is C17H26BrClN2O2. The molecule has 1 aromatic carbocycles. The third-order valence-electron chi connectivity index (χ3n) is 3.24. The molecule has 0 radical (unpaired) electrons. The maximum absolute atomic E-state index is 11.8. The Morgan fingerprint density at radius 3 is 2.52 bits per heavy atom. The third kappa shape index (κ3) is 8.04. The van der Waals surface area contributed by atoms with Crippen LogP contribution < -0.4 is 10.6 Å². The summed E-state index contributed by atoms with van der Waals surface area (Å²) in [5.41, 5.74) is 0.635. The molecule has 0 saturated carbocycles. The van der Waals surface area contributed by atoms with Crippen molar-refractivity contribution in [1.82, 2.24) is 10.6 Å². The number of carbonyl (C=O) groups excluding carboxylic acids is 1. The van der Waals surface area contributed by atoms with Gasteiger partial charge in [0.2, 0.25) is 0 Å². The van der Waals surface area contributed by atoms with Crippen molar-refractivity contribution in [2.75, 3.05) is 6.54 Å². The second-order valence-electron chi connectivity index (χ2n) is 6.85. The fraction of sp³-hybridized carbons (Fsp3) is 0.588. The average Bonchev–Trinajstić information content (AvgIpc) is 2.38. The summed E-state index contributed by atoms with van der Waals surface area (Å²) in [6, 6.07) is 5.87. The van der Waals surface area contributed by atoms with Crippen molar-refractivity contribution >= 4 is 33.6 Å². The highest BCUT2D eigenvalue weighted by Gasteiger charge is 2.19. The number of benzene rings is 1. The molecule has 1 amide bonds. The van der Waals surface area contributed by atoms with Gasteiger partial charge < -0.3 is 15.4 Å². The van der Waals surface area contributed by atoms with E-state index in [1.165, 1.54) is 0 Å². The van der Waals surface area contributed by atoms with Crippen LogP contribution in [0.5, 0.6) is 0 Å². The maximum Gasteiger partial charge on any atom is 0.407 e. The van der Waals surface area contributed by atoms with Crippen molar-refractivity contribution in [3.05, 3.63) is 33.3 Å². The molecule has 0 aliphatic rings. The third-order valence-corrected chi connectivity index (χ3v) is 4.21. The van der Waals surface area contributed by atoms with Crippen molar-refractivity contribution in [2.45, 2.75) is 52.8 Å². The lowest BCUT2D eigenvalue weighted by Gasteiger charge is -2.25. The van der Waals surface area contributed by atoms with Gasteiger partial charge in [0.15, 0.2) is 0 Å². The van der Waals surface area contributed by atoms with Crippen LogP contribution in [0.3, 0.4) is 0 Å². The summed E-state index contributed by atoms with van der Waals surface area (Å²) in [5.74, 6) is 0.371. The van der Waals surface area contributed by atoms with Gasteiger partial charge in [-0.25, -0.2) is 4.79 Å². The van der Waals surface area contributed by atoms with Crippen molar-refractivity contribution < 1.29 is 9.53 Å². The molecule has 6 heteroatoms. The van der Waals surface area contributed by atoms with Crippen molar-refractivity contribution in [3.63, 3.8) is 0 Å². The van der Waals surface area contributed by atoms with Crippen LogP contribution in [0.1, 0.15) is 40.2 Å². The number of halogens is 2. The highest BCUT2D eigenvalue weighted by molar-refractivity contribution is 9.10. The molecule has 0 heterocycles. The van der Waals surface area contributed by atoms with Crippen LogP contribution in [-0.4, -0.2) is 24.3 Å². The number of hydrogen-bond acceptors (Lipinski definition) is 3. The molecule has 0 aliphatic heterocycles. The van der Waals surface area contributed by atoms with Gasteiger partial charge in [-0.1, -0.05) is 47.4 Å². The van der Waals surface area contributed by atoms with E-state index < -0.39 is 11.7 Å². The van der Waals surface area contributed by atoms with Gasteiger partial charge in [0.1, 0.15) is 5.60 Å². The highest BCUT2D eigenvalue weighted by Crippen LogP contribution is 2.21. The molecule has 2 N–H and O–H groups in total. The fourth-order valence-corrected chi connectivity index (χ4v) is 2.78. The Morgan fingerprint density at radius 1 is 1.35 bits per heavy atom. The summed E-state index contributed by atoms with van der Waals surface area (Å²) in [7, 11) is 0. The Bertz CT molecular complexity index is 530. The molecule has 1 rings (SSSR count). The molecule has 1 aromatic rings. The quantitative estimate of drug-likeness (QED) is 0.718. The van der Waals surface area contributed by atoms with Gasteiger partial charge in [-0.3, -0.25) is 0 Å². The molecule has 0 aromatic heterocycles. The zero-order chi connectivity index (χ0) is 17.6. The molecule has 23 heavy (non-hydrogen) atoms. The van der Waals surface area contributed by atoms with Crippen LogP contribution in [0.4, 0.5) is 4.79 Å². The summed E-state index contributed by atoms with van der Waals surface area (Å²) < 4.78 is 6.24. The summed E-state index contributed by atoms with van der Waals surface area (Å²) >= 11 is 9.47. The Hall–Kier alpha value is -0.780. The van der Waals surface area contributed by atoms with Gasteiger partial charge in [-0.05, 0) is 44.4 Å². The monoisotopic (exact) mass is 404 g/mol. The van der Waals surface area contributed by atoms with Gasteiger partial charge in [-0.2, -0.15) is 0 Å². The SMILES string of the molecule is CC(C)C(CNC(=O)OC(C)(C)C)NCc1ccc(Cl)cc1Br. The second kappa shape index (κ2) is 8.90. The molecule has 0 fully saturated rings. The molecule has 0 bridgehead atoms. The molecule has 4 nitrogen and oxygen atoms in total. The minimum absolute atomic E-state index is 0.144. The highest BCUT2D eigenvalue weighted by atomic mass is 79.9. The van der Waals surface area contributed by atoms with Gasteiger partial charge in [-0.15, -0.1) is 0 Å². The first kappa shape index (κ1) is 20.3. The van der Waals surface area contributed by atoms with Crippen LogP contribution in [0.25, 0.3) is 0 Å². The number of hydrogen-bond donors (Lipinski definition) is 2. The van der Waals surface area contributed by atoms with Crippen molar-refractivity contribution in [3.8, 4) is 0 Å². The number of alkyl carbamates (subject to hydrolysis) is 1. The molecule has 130 valence electrons. The Balaban J connectivity index is 2.54. The first-order valence-corrected chi connectivity index (χ1v) is 8.89. The zero-order valence-electron chi connectivity index (χ0n) is 14.4. The predicted octanol–water partition coefficient (Wildman–Crippen LogP) is 4.74. The lowest BCUT2D eigenvalue weighted by molar-refractivity contribution is 0.0519. The summed E-state index contributed by atoms with van der Waals surface area (Å²) in [6.07, 6.45) is -0.391. The smallest absolute Gasteiger partial charge is 0.407 e. The topological polar surface area (TPSA) is 50.4 Å². The average molecular weight is 406 g/mol. The van der Waals surface area contributed by atoms with Crippen molar-refractivity contribution in [2.24, 2.45) is 5.92 Å². The van der Waals surface area contributed by atoms with E-state index in [0.717, 1.165) is 10.0 Å². The minimum atomic E-state index is -0.487. The summed E-state index contributed by atoms with van der Waals surface area (Å²) in [5, 5.41) is 7.00. The molecule has 1 unspecified atom stereocenters. The number of amides is 1. The molecule has 0 saturated heterocycles. The van der Waals surface area contributed by atoms with Gasteiger partial charge in [0, 0.05) is 28.6 Å². The second-order valence-corrected chi connectivity index (χ2v) is 8.14. The van der Waals surface area contributed by atoms with Crippen LogP contribution >= 0.6 is 27.5 Å². The van der Waals surface area contributed by atoms with Gasteiger partial charge in [0.05, 0.1) is 0 Å². The molecule has 0 spiro atoms. The van der Waals surface area contributed by atoms with Crippen molar-refractivity contribution in [1.29, 1.82) is 0 Å². The van der Waals surface area contributed by atoms with E-state index in [0.29, 0.717) is 24.0 Å². The first-order valence-electron chi connectivity index (χ1n) is 7.72. The van der Waals surface area contributed by atoms with Crippen LogP contribution in [-0.2, 0) is 11.3 Å². The fourth-order valence-electron chi connectivity index (χ4n) is 1.96. The lowest BCUT2D eigenvalue weighted by Crippen LogP contribution is -2.45. The summed E-state index contributed by atoms with van der Waals surface area (Å²) in [6.45, 7) is 11.0. The van der Waals surface area contributed by atoms with Crippen LogP contribution in [0.15, 0.2) is 22.7 Å². The molecular weight excluding hydrogens is 380 g/mol. The van der Waals surface area contributed by atoms with E-state index in [9.17, 15) is 4.79 Å². The Morgan fingerprint density at radius 2 is 2.00 bits per heavy atom. The number of ether oxygens (including phenoxy) is 1.